The summed E-state index contributed by atoms with van der Waals surface area (Å²) in [4.78, 5) is 11.9. The minimum Gasteiger partial charge on any atom is -0.354 e. The minimum absolute atomic E-state index is 0. The van der Waals surface area contributed by atoms with Crippen molar-refractivity contribution in [2.45, 2.75) is 38.1 Å². The number of rotatable bonds is 3. The number of hydrogen-bond donors (Lipinski definition) is 2. The Balaban J connectivity index is 0.00000144. The monoisotopic (exact) mass is 278 g/mol. The summed E-state index contributed by atoms with van der Waals surface area (Å²) < 4.78 is 0. The lowest BCUT2D eigenvalue weighted by atomic mass is 10.0. The Morgan fingerprint density at radius 3 is 2.65 bits per heavy atom. The third-order valence-electron chi connectivity index (χ3n) is 3.53. The van der Waals surface area contributed by atoms with Crippen LogP contribution in [0.3, 0.4) is 0 Å². The van der Waals surface area contributed by atoms with Crippen LogP contribution in [-0.2, 0) is 4.79 Å². The molecule has 0 aromatic heterocycles. The van der Waals surface area contributed by atoms with Gasteiger partial charge in [0.2, 0.25) is 5.91 Å². The fraction of sp³-hybridized carbons (Fsp3) is 0.917. The van der Waals surface area contributed by atoms with Crippen LogP contribution < -0.4 is 10.6 Å². The average molecular weight is 279 g/mol. The van der Waals surface area contributed by atoms with E-state index in [1.165, 1.54) is 37.2 Å². The highest BCUT2D eigenvalue weighted by molar-refractivity contribution is 7.99. The highest BCUT2D eigenvalue weighted by Gasteiger charge is 2.21. The molecule has 0 unspecified atom stereocenters. The smallest absolute Gasteiger partial charge is 0.237 e. The largest absolute Gasteiger partial charge is 0.354 e. The summed E-state index contributed by atoms with van der Waals surface area (Å²) in [5.41, 5.74) is 0. The Kier molecular flexibility index (Phi) is 7.32. The molecule has 0 spiro atoms. The molecule has 2 heterocycles. The van der Waals surface area contributed by atoms with E-state index in [9.17, 15) is 4.79 Å². The van der Waals surface area contributed by atoms with Gasteiger partial charge < -0.3 is 10.6 Å². The lowest BCUT2D eigenvalue weighted by Crippen LogP contribution is -2.47. The van der Waals surface area contributed by atoms with Crippen LogP contribution in [0.25, 0.3) is 0 Å². The topological polar surface area (TPSA) is 41.1 Å². The number of halogens is 1. The first-order valence-corrected chi connectivity index (χ1v) is 7.60. The van der Waals surface area contributed by atoms with Crippen molar-refractivity contribution in [1.29, 1.82) is 0 Å². The number of nitrogens with one attached hydrogen (secondary N) is 2. The molecule has 0 aromatic carbocycles. The second kappa shape index (κ2) is 8.22. The van der Waals surface area contributed by atoms with Crippen LogP contribution in [0.1, 0.15) is 32.1 Å². The molecule has 0 radical (unpaired) electrons. The van der Waals surface area contributed by atoms with Crippen molar-refractivity contribution in [3.8, 4) is 0 Å². The molecule has 100 valence electrons. The second-order valence-electron chi connectivity index (χ2n) is 4.80. The first-order valence-electron chi connectivity index (χ1n) is 6.45. The summed E-state index contributed by atoms with van der Waals surface area (Å²) >= 11 is 2.04. The quantitative estimate of drug-likeness (QED) is 0.827. The summed E-state index contributed by atoms with van der Waals surface area (Å²) in [6.07, 6.45) is 5.94. The highest BCUT2D eigenvalue weighted by atomic mass is 35.5. The third-order valence-corrected chi connectivity index (χ3v) is 4.58. The molecule has 2 aliphatic heterocycles. The fourth-order valence-electron chi connectivity index (χ4n) is 2.39. The van der Waals surface area contributed by atoms with E-state index in [2.05, 4.69) is 10.6 Å². The Bertz CT molecular complexity index is 229. The van der Waals surface area contributed by atoms with Crippen LogP contribution in [0.2, 0.25) is 0 Å². The van der Waals surface area contributed by atoms with E-state index in [1.807, 2.05) is 11.8 Å². The zero-order valence-corrected chi connectivity index (χ0v) is 11.9. The number of piperidine rings is 1. The molecule has 17 heavy (non-hydrogen) atoms. The predicted molar refractivity (Wildman–Crippen MR) is 75.9 cm³/mol. The Labute approximate surface area is 114 Å². The number of amides is 1. The van der Waals surface area contributed by atoms with Gasteiger partial charge in [-0.05, 0) is 49.7 Å². The van der Waals surface area contributed by atoms with Crippen molar-refractivity contribution < 1.29 is 4.79 Å². The van der Waals surface area contributed by atoms with Crippen LogP contribution in [0.4, 0.5) is 0 Å². The molecule has 1 amide bonds. The lowest BCUT2D eigenvalue weighted by molar-refractivity contribution is -0.123. The summed E-state index contributed by atoms with van der Waals surface area (Å²) in [7, 11) is 0. The molecule has 2 fully saturated rings. The van der Waals surface area contributed by atoms with E-state index in [-0.39, 0.29) is 24.4 Å². The molecule has 2 rings (SSSR count). The number of carbonyl (C=O) groups is 1. The van der Waals surface area contributed by atoms with Crippen molar-refractivity contribution in [3.05, 3.63) is 0 Å². The van der Waals surface area contributed by atoms with Gasteiger partial charge in [0.15, 0.2) is 0 Å². The van der Waals surface area contributed by atoms with E-state index in [4.69, 9.17) is 0 Å². The Hall–Kier alpha value is 0.0700. The zero-order chi connectivity index (χ0) is 11.2. The number of thioether (sulfide) groups is 1. The van der Waals surface area contributed by atoms with Gasteiger partial charge in [0.25, 0.3) is 0 Å². The van der Waals surface area contributed by atoms with Crippen molar-refractivity contribution in [3.63, 3.8) is 0 Å². The first kappa shape index (κ1) is 15.1. The molecule has 2 aliphatic rings. The van der Waals surface area contributed by atoms with Gasteiger partial charge in [0, 0.05) is 6.54 Å². The maximum Gasteiger partial charge on any atom is 0.237 e. The summed E-state index contributed by atoms with van der Waals surface area (Å²) in [5, 5.41) is 6.40. The lowest BCUT2D eigenvalue weighted by Gasteiger charge is -2.25. The third kappa shape index (κ3) is 5.06. The zero-order valence-electron chi connectivity index (χ0n) is 10.2. The van der Waals surface area contributed by atoms with Gasteiger partial charge in [-0.2, -0.15) is 11.8 Å². The van der Waals surface area contributed by atoms with Crippen molar-refractivity contribution in [2.75, 3.05) is 24.6 Å². The molecule has 0 aliphatic carbocycles. The SMILES string of the molecule is Cl.O=C(NCC1CCSCC1)[C@@H]1CCCCN1. The molecule has 3 nitrogen and oxygen atoms in total. The van der Waals surface area contributed by atoms with Gasteiger partial charge in [0.1, 0.15) is 0 Å². The average Bonchev–Trinajstić information content (AvgIpc) is 2.38. The molecule has 1 atom stereocenters. The van der Waals surface area contributed by atoms with E-state index in [0.717, 1.165) is 19.5 Å². The summed E-state index contributed by atoms with van der Waals surface area (Å²) in [6.45, 7) is 1.88. The molecule has 2 saturated heterocycles. The van der Waals surface area contributed by atoms with Gasteiger partial charge in [-0.3, -0.25) is 4.79 Å². The van der Waals surface area contributed by atoms with E-state index in [1.54, 1.807) is 0 Å². The minimum atomic E-state index is 0. The Morgan fingerprint density at radius 1 is 1.24 bits per heavy atom. The van der Waals surface area contributed by atoms with Crippen LogP contribution in [0.15, 0.2) is 0 Å². The predicted octanol–water partition coefficient (Wildman–Crippen LogP) is 1.81. The van der Waals surface area contributed by atoms with Crippen LogP contribution >= 0.6 is 24.2 Å². The van der Waals surface area contributed by atoms with Gasteiger partial charge >= 0.3 is 0 Å². The summed E-state index contributed by atoms with van der Waals surface area (Å²) in [6, 6.07) is 0.0757. The van der Waals surface area contributed by atoms with Crippen LogP contribution in [0, 0.1) is 5.92 Å². The number of carbonyl (C=O) groups excluding carboxylic acids is 1. The van der Waals surface area contributed by atoms with Crippen LogP contribution in [-0.4, -0.2) is 36.5 Å². The maximum absolute atomic E-state index is 11.9. The van der Waals surface area contributed by atoms with E-state index >= 15 is 0 Å². The van der Waals surface area contributed by atoms with Crippen LogP contribution in [0.5, 0.6) is 0 Å². The standard InChI is InChI=1S/C12H22N2OS.ClH/c15-12(11-3-1-2-6-13-11)14-9-10-4-7-16-8-5-10;/h10-11,13H,1-9H2,(H,14,15);1H/t11-;/m0./s1. The van der Waals surface area contributed by atoms with Gasteiger partial charge in [-0.1, -0.05) is 6.42 Å². The summed E-state index contributed by atoms with van der Waals surface area (Å²) in [5.74, 6) is 3.47. The first-order chi connectivity index (χ1) is 7.86. The Morgan fingerprint density at radius 2 is 2.00 bits per heavy atom. The van der Waals surface area contributed by atoms with Gasteiger partial charge in [0.05, 0.1) is 6.04 Å². The molecule has 0 bridgehead atoms. The molecule has 0 saturated carbocycles. The fourth-order valence-corrected chi connectivity index (χ4v) is 3.60. The van der Waals surface area contributed by atoms with Crippen molar-refractivity contribution in [1.82, 2.24) is 10.6 Å². The molecular weight excluding hydrogens is 256 g/mol. The normalized spacial score (nSPS) is 26.0. The van der Waals surface area contributed by atoms with Gasteiger partial charge in [-0.25, -0.2) is 0 Å². The van der Waals surface area contributed by atoms with E-state index < -0.39 is 0 Å². The second-order valence-corrected chi connectivity index (χ2v) is 6.03. The molecule has 5 heteroatoms. The molecule has 2 N–H and O–H groups in total. The van der Waals surface area contributed by atoms with E-state index in [0.29, 0.717) is 5.92 Å². The maximum atomic E-state index is 11.9. The number of hydrogen-bond acceptors (Lipinski definition) is 3. The molecule has 0 aromatic rings. The van der Waals surface area contributed by atoms with Gasteiger partial charge in [-0.15, -0.1) is 12.4 Å². The molecular formula is C12H23ClN2OS. The van der Waals surface area contributed by atoms with Crippen molar-refractivity contribution in [2.24, 2.45) is 5.92 Å². The highest BCUT2D eigenvalue weighted by Crippen LogP contribution is 2.21. The van der Waals surface area contributed by atoms with Crippen molar-refractivity contribution >= 4 is 30.1 Å².